The molecule has 0 saturated carbocycles. The van der Waals surface area contributed by atoms with Crippen LogP contribution in [0.15, 0.2) is 78.1 Å². The van der Waals surface area contributed by atoms with Crippen molar-refractivity contribution < 1.29 is 22.4 Å². The second-order valence-electron chi connectivity index (χ2n) is 5.89. The van der Waals surface area contributed by atoms with Gasteiger partial charge in [-0.15, -0.1) is 5.34 Å². The summed E-state index contributed by atoms with van der Waals surface area (Å²) in [5.41, 5.74) is 4.17. The Morgan fingerprint density at radius 1 is 0.654 bits per heavy atom. The average Bonchev–Trinajstić information content (AvgIpc) is 2.60. The number of hydrogen-bond donors (Lipinski definition) is 0. The molecule has 0 saturated heterocycles. The number of aryl methyl sites for hydroxylation is 3. The van der Waals surface area contributed by atoms with Crippen molar-refractivity contribution in [1.29, 1.82) is 0 Å². The largest absolute Gasteiger partial charge is 1.00 e. The molecule has 0 atom stereocenters. The molecule has 0 aliphatic rings. The van der Waals surface area contributed by atoms with Gasteiger partial charge in [-0.1, -0.05) is 54.6 Å². The van der Waals surface area contributed by atoms with Crippen LogP contribution < -0.4 is 15.9 Å². The molecule has 3 aromatic carbocycles. The molecule has 138 valence electrons. The van der Waals surface area contributed by atoms with Crippen molar-refractivity contribution in [2.45, 2.75) is 20.8 Å². The molecular formula is C21H22AgNO2P+. The predicted octanol–water partition coefficient (Wildman–Crippen LogP) is 4.35. The summed E-state index contributed by atoms with van der Waals surface area (Å²) in [7, 11) is -0.968. The van der Waals surface area contributed by atoms with Crippen LogP contribution in [-0.4, -0.2) is 0 Å². The van der Waals surface area contributed by atoms with Gasteiger partial charge < -0.3 is 10.1 Å². The molecule has 0 N–H and O–H groups in total. The molecule has 0 radical (unpaired) electrons. The summed E-state index contributed by atoms with van der Waals surface area (Å²) in [4.78, 5) is 8.00. The van der Waals surface area contributed by atoms with Crippen LogP contribution in [0.1, 0.15) is 16.7 Å². The normalized spacial score (nSPS) is 9.69. The molecule has 0 bridgehead atoms. The van der Waals surface area contributed by atoms with Gasteiger partial charge in [-0.2, -0.15) is 0 Å². The minimum absolute atomic E-state index is 0. The van der Waals surface area contributed by atoms with Crippen molar-refractivity contribution in [2.75, 3.05) is 0 Å². The predicted molar refractivity (Wildman–Crippen MR) is 110 cm³/mol. The zero-order valence-electron chi connectivity index (χ0n) is 15.0. The third kappa shape index (κ3) is 5.36. The summed E-state index contributed by atoms with van der Waals surface area (Å²) in [5.74, 6) is 0. The first-order valence-electron chi connectivity index (χ1n) is 8.10. The second kappa shape index (κ2) is 11.1. The Kier molecular flexibility index (Phi) is 9.47. The average molecular weight is 459 g/mol. The van der Waals surface area contributed by atoms with Gasteiger partial charge in [0, 0.05) is 0 Å². The molecule has 3 aromatic rings. The van der Waals surface area contributed by atoms with E-state index in [2.05, 4.69) is 93.6 Å². The van der Waals surface area contributed by atoms with Crippen molar-refractivity contribution in [3.8, 4) is 0 Å². The van der Waals surface area contributed by atoms with Crippen LogP contribution in [0.4, 0.5) is 0 Å². The van der Waals surface area contributed by atoms with Crippen LogP contribution in [0, 0.1) is 30.9 Å². The molecule has 3 nitrogen and oxygen atoms in total. The number of nitrogens with zero attached hydrogens (tertiary/aromatic N) is 1. The topological polar surface area (TPSA) is 52.5 Å². The SMILES string of the molecule is Cc1ccccc1[PH+](c1ccccc1C)c1ccccc1C.O=N[O-].[Ag+]. The van der Waals surface area contributed by atoms with E-state index < -0.39 is 7.92 Å². The maximum atomic E-state index is 8.00. The fraction of sp³-hybridized carbons (Fsp3) is 0.143. The van der Waals surface area contributed by atoms with Crippen molar-refractivity contribution in [1.82, 2.24) is 0 Å². The van der Waals surface area contributed by atoms with Gasteiger partial charge in [0.1, 0.15) is 15.9 Å². The van der Waals surface area contributed by atoms with Gasteiger partial charge in [0.05, 0.1) is 7.92 Å². The third-order valence-electron chi connectivity index (χ3n) is 4.24. The maximum absolute atomic E-state index is 8.00. The van der Waals surface area contributed by atoms with Gasteiger partial charge in [0.25, 0.3) is 0 Å². The minimum atomic E-state index is -0.968. The Hall–Kier alpha value is -1.77. The van der Waals surface area contributed by atoms with E-state index in [-0.39, 0.29) is 22.4 Å². The van der Waals surface area contributed by atoms with Gasteiger partial charge in [-0.25, -0.2) is 0 Å². The molecule has 0 aromatic heterocycles. The molecule has 0 fully saturated rings. The van der Waals surface area contributed by atoms with Crippen molar-refractivity contribution >= 4 is 23.8 Å². The molecule has 0 aliphatic carbocycles. The first-order chi connectivity index (χ1) is 12.1. The Labute approximate surface area is 171 Å². The van der Waals surface area contributed by atoms with Gasteiger partial charge >= 0.3 is 22.4 Å². The van der Waals surface area contributed by atoms with Crippen LogP contribution in [0.5, 0.6) is 0 Å². The van der Waals surface area contributed by atoms with Crippen LogP contribution in [0.3, 0.4) is 0 Å². The van der Waals surface area contributed by atoms with E-state index >= 15 is 0 Å². The van der Waals surface area contributed by atoms with E-state index in [0.717, 1.165) is 5.34 Å². The number of rotatable bonds is 3. The van der Waals surface area contributed by atoms with Crippen LogP contribution in [0.2, 0.25) is 0 Å². The van der Waals surface area contributed by atoms with E-state index in [4.69, 9.17) is 10.1 Å². The van der Waals surface area contributed by atoms with Crippen molar-refractivity contribution in [2.24, 2.45) is 5.34 Å². The zero-order valence-corrected chi connectivity index (χ0v) is 17.5. The van der Waals surface area contributed by atoms with Gasteiger partial charge in [-0.3, -0.25) is 0 Å². The molecule has 3 rings (SSSR count). The molecule has 26 heavy (non-hydrogen) atoms. The first kappa shape index (κ1) is 22.3. The number of benzene rings is 3. The van der Waals surface area contributed by atoms with E-state index in [9.17, 15) is 0 Å². The molecule has 5 heteroatoms. The molecule has 0 amide bonds. The fourth-order valence-electron chi connectivity index (χ4n) is 3.00. The zero-order chi connectivity index (χ0) is 18.2. The van der Waals surface area contributed by atoms with E-state index in [1.54, 1.807) is 0 Å². The smallest absolute Gasteiger partial charge is 0.444 e. The Morgan fingerprint density at radius 3 is 1.12 bits per heavy atom. The fourth-order valence-corrected chi connectivity index (χ4v) is 6.09. The summed E-state index contributed by atoms with van der Waals surface area (Å²) in [5, 5.41) is 13.5. The summed E-state index contributed by atoms with van der Waals surface area (Å²) < 4.78 is 0. The molecular weight excluding hydrogens is 437 g/mol. The monoisotopic (exact) mass is 458 g/mol. The van der Waals surface area contributed by atoms with Gasteiger partial charge in [0.15, 0.2) is 0 Å². The summed E-state index contributed by atoms with van der Waals surface area (Å²) in [6, 6.07) is 26.5. The van der Waals surface area contributed by atoms with E-state index in [1.165, 1.54) is 32.6 Å². The molecule has 0 spiro atoms. The van der Waals surface area contributed by atoms with Crippen LogP contribution in [-0.2, 0) is 22.4 Å². The summed E-state index contributed by atoms with van der Waals surface area (Å²) in [6.45, 7) is 6.70. The molecule has 0 unspecified atom stereocenters. The summed E-state index contributed by atoms with van der Waals surface area (Å²) >= 11 is 0. The standard InChI is InChI=1S/C21H21P.Ag.HNO2/c1-16-10-4-7-13-19(16)22(20-14-8-5-11-17(20)2)21-15-9-6-12-18(21)3;;2-1-3/h4-15H,1-3H3;;(H,2,3)/q;+1;. The first-order valence-corrected chi connectivity index (χ1v) is 9.60. The second-order valence-corrected chi connectivity index (χ2v) is 8.26. The quantitative estimate of drug-likeness (QED) is 0.253. The Morgan fingerprint density at radius 2 is 0.885 bits per heavy atom. The van der Waals surface area contributed by atoms with Crippen LogP contribution in [0.25, 0.3) is 0 Å². The summed E-state index contributed by atoms with van der Waals surface area (Å²) in [6.07, 6.45) is 0. The minimum Gasteiger partial charge on any atom is -0.444 e. The number of hydrogen-bond acceptors (Lipinski definition) is 3. The third-order valence-corrected chi connectivity index (χ3v) is 7.54. The Balaban J connectivity index is 0.000000791. The van der Waals surface area contributed by atoms with Crippen molar-refractivity contribution in [3.05, 3.63) is 99.6 Å². The van der Waals surface area contributed by atoms with Gasteiger partial charge in [-0.05, 0) is 55.7 Å². The van der Waals surface area contributed by atoms with E-state index in [0.29, 0.717) is 0 Å². The maximum Gasteiger partial charge on any atom is 1.00 e. The molecule has 0 heterocycles. The van der Waals surface area contributed by atoms with Crippen LogP contribution >= 0.6 is 7.92 Å². The molecule has 0 aliphatic heterocycles. The Bertz CT molecular complexity index is 747. The van der Waals surface area contributed by atoms with E-state index in [1.807, 2.05) is 0 Å². The van der Waals surface area contributed by atoms with Gasteiger partial charge in [0.2, 0.25) is 0 Å². The van der Waals surface area contributed by atoms with Crippen molar-refractivity contribution in [3.63, 3.8) is 0 Å².